The molecule has 0 radical (unpaired) electrons. The summed E-state index contributed by atoms with van der Waals surface area (Å²) >= 11 is 1.68. The van der Waals surface area contributed by atoms with Crippen LogP contribution in [0, 0.1) is 0 Å². The van der Waals surface area contributed by atoms with Crippen molar-refractivity contribution >= 4 is 22.2 Å². The fraction of sp³-hybridized carbons (Fsp3) is 0.176. The van der Waals surface area contributed by atoms with Crippen LogP contribution in [0.15, 0.2) is 60.2 Å². The van der Waals surface area contributed by atoms with Crippen LogP contribution in [0.25, 0.3) is 11.3 Å². The van der Waals surface area contributed by atoms with Crippen LogP contribution in [0.4, 0.5) is 10.8 Å². The van der Waals surface area contributed by atoms with Gasteiger partial charge in [0.05, 0.1) is 12.8 Å². The molecule has 0 bridgehead atoms. The van der Waals surface area contributed by atoms with E-state index in [2.05, 4.69) is 44.5 Å². The number of hydrogen-bond donors (Lipinski definition) is 1. The molecule has 2 aromatic heterocycles. The molecule has 4 nitrogen and oxygen atoms in total. The smallest absolute Gasteiger partial charge is 0.339 e. The summed E-state index contributed by atoms with van der Waals surface area (Å²) in [5.74, 6) is 0. The van der Waals surface area contributed by atoms with E-state index in [1.54, 1.807) is 24.6 Å². The summed E-state index contributed by atoms with van der Waals surface area (Å²) in [5, 5.41) is 6.68. The third kappa shape index (κ3) is 3.32. The second-order valence-electron chi connectivity index (χ2n) is 4.80. The molecule has 0 spiro atoms. The van der Waals surface area contributed by atoms with Gasteiger partial charge in [0, 0.05) is 24.3 Å². The van der Waals surface area contributed by atoms with E-state index < -0.39 is 0 Å². The SMILES string of the molecule is COCC[n+]1c(-c2ccccc2)csc1Nc1cccnc1. The molecular formula is C17H18N3OS+. The maximum Gasteiger partial charge on any atom is 0.339 e. The molecule has 0 saturated heterocycles. The number of aromatic nitrogens is 2. The summed E-state index contributed by atoms with van der Waals surface area (Å²) in [6, 6.07) is 14.3. The van der Waals surface area contributed by atoms with Gasteiger partial charge in [-0.15, -0.1) is 0 Å². The molecule has 0 fully saturated rings. The van der Waals surface area contributed by atoms with Gasteiger partial charge in [-0.05, 0) is 12.1 Å². The van der Waals surface area contributed by atoms with E-state index in [0.717, 1.165) is 17.4 Å². The molecule has 3 aromatic rings. The van der Waals surface area contributed by atoms with Gasteiger partial charge >= 0.3 is 5.13 Å². The summed E-state index contributed by atoms with van der Waals surface area (Å²) in [6.45, 7) is 1.47. The predicted molar refractivity (Wildman–Crippen MR) is 89.3 cm³/mol. The zero-order valence-electron chi connectivity index (χ0n) is 12.4. The van der Waals surface area contributed by atoms with E-state index in [1.165, 1.54) is 11.3 Å². The highest BCUT2D eigenvalue weighted by atomic mass is 32.1. The van der Waals surface area contributed by atoms with Crippen molar-refractivity contribution in [2.24, 2.45) is 0 Å². The highest BCUT2D eigenvalue weighted by Crippen LogP contribution is 2.25. The first kappa shape index (κ1) is 14.7. The van der Waals surface area contributed by atoms with Gasteiger partial charge in [0.2, 0.25) is 0 Å². The molecule has 0 aliphatic carbocycles. The third-order valence-corrected chi connectivity index (χ3v) is 4.21. The number of thiazole rings is 1. The van der Waals surface area contributed by atoms with E-state index in [9.17, 15) is 0 Å². The molecule has 0 aliphatic heterocycles. The molecule has 112 valence electrons. The predicted octanol–water partition coefficient (Wildman–Crippen LogP) is 3.49. The molecule has 0 amide bonds. The van der Waals surface area contributed by atoms with E-state index in [0.29, 0.717) is 6.61 Å². The molecule has 3 rings (SSSR count). The lowest BCUT2D eigenvalue weighted by atomic mass is 10.2. The Morgan fingerprint density at radius 3 is 2.77 bits per heavy atom. The maximum atomic E-state index is 5.25. The topological polar surface area (TPSA) is 38.0 Å². The quantitative estimate of drug-likeness (QED) is 0.708. The molecule has 2 heterocycles. The van der Waals surface area contributed by atoms with E-state index in [4.69, 9.17) is 4.74 Å². The second kappa shape index (κ2) is 7.15. The second-order valence-corrected chi connectivity index (χ2v) is 5.66. The summed E-state index contributed by atoms with van der Waals surface area (Å²) in [4.78, 5) is 4.15. The van der Waals surface area contributed by atoms with Crippen molar-refractivity contribution in [2.45, 2.75) is 6.54 Å². The Hall–Kier alpha value is -2.24. The van der Waals surface area contributed by atoms with E-state index in [-0.39, 0.29) is 0 Å². The minimum absolute atomic E-state index is 0.670. The number of nitrogens with one attached hydrogen (secondary N) is 1. The van der Waals surface area contributed by atoms with Crippen LogP contribution in [0.3, 0.4) is 0 Å². The maximum absolute atomic E-state index is 5.25. The van der Waals surface area contributed by atoms with Gasteiger partial charge in [0.25, 0.3) is 0 Å². The van der Waals surface area contributed by atoms with Crippen molar-refractivity contribution in [3.05, 3.63) is 60.2 Å². The van der Waals surface area contributed by atoms with Gasteiger partial charge in [-0.2, -0.15) is 0 Å². The summed E-state index contributed by atoms with van der Waals surface area (Å²) in [6.07, 6.45) is 3.59. The Labute approximate surface area is 134 Å². The van der Waals surface area contributed by atoms with Crippen molar-refractivity contribution in [3.8, 4) is 11.3 Å². The number of methoxy groups -OCH3 is 1. The number of benzene rings is 1. The van der Waals surface area contributed by atoms with Gasteiger partial charge in [-0.3, -0.25) is 4.98 Å². The van der Waals surface area contributed by atoms with Crippen LogP contribution in [-0.2, 0) is 11.3 Å². The Morgan fingerprint density at radius 1 is 1.18 bits per heavy atom. The van der Waals surface area contributed by atoms with Crippen LogP contribution in [0.5, 0.6) is 0 Å². The van der Waals surface area contributed by atoms with Crippen molar-refractivity contribution in [1.29, 1.82) is 0 Å². The molecular weight excluding hydrogens is 294 g/mol. The number of nitrogens with zero attached hydrogens (tertiary/aromatic N) is 2. The molecule has 0 aliphatic rings. The standard InChI is InChI=1S/C17H17N3OS/c1-21-11-10-20-16(14-6-3-2-4-7-14)13-22-17(20)19-15-8-5-9-18-12-15/h2-9,12-13H,10-11H2,1H3/p+1. The van der Waals surface area contributed by atoms with Crippen molar-refractivity contribution in [1.82, 2.24) is 4.98 Å². The average Bonchev–Trinajstić information content (AvgIpc) is 2.97. The molecule has 1 N–H and O–H groups in total. The Balaban J connectivity index is 1.94. The molecule has 0 atom stereocenters. The lowest BCUT2D eigenvalue weighted by molar-refractivity contribution is -0.669. The zero-order chi connectivity index (χ0) is 15.2. The number of pyridine rings is 1. The fourth-order valence-corrected chi connectivity index (χ4v) is 3.22. The monoisotopic (exact) mass is 312 g/mol. The van der Waals surface area contributed by atoms with Crippen LogP contribution >= 0.6 is 11.3 Å². The van der Waals surface area contributed by atoms with E-state index in [1.807, 2.05) is 24.4 Å². The van der Waals surface area contributed by atoms with Gasteiger partial charge in [0.1, 0.15) is 17.9 Å². The normalized spacial score (nSPS) is 10.6. The largest absolute Gasteiger partial charge is 0.381 e. The van der Waals surface area contributed by atoms with Crippen LogP contribution in [0.1, 0.15) is 0 Å². The molecule has 0 unspecified atom stereocenters. The minimum atomic E-state index is 0.670. The van der Waals surface area contributed by atoms with Crippen LogP contribution in [0.2, 0.25) is 0 Å². The van der Waals surface area contributed by atoms with Crippen LogP contribution < -0.4 is 9.88 Å². The minimum Gasteiger partial charge on any atom is -0.381 e. The van der Waals surface area contributed by atoms with Crippen molar-refractivity contribution < 1.29 is 9.30 Å². The van der Waals surface area contributed by atoms with Crippen molar-refractivity contribution in [3.63, 3.8) is 0 Å². The molecule has 22 heavy (non-hydrogen) atoms. The summed E-state index contributed by atoms with van der Waals surface area (Å²) in [5.41, 5.74) is 3.37. The van der Waals surface area contributed by atoms with E-state index >= 15 is 0 Å². The summed E-state index contributed by atoms with van der Waals surface area (Å²) in [7, 11) is 1.73. The van der Waals surface area contributed by atoms with Crippen molar-refractivity contribution in [2.75, 3.05) is 19.0 Å². The van der Waals surface area contributed by atoms with Gasteiger partial charge < -0.3 is 4.74 Å². The molecule has 0 saturated carbocycles. The average molecular weight is 312 g/mol. The molecule has 1 aromatic carbocycles. The Morgan fingerprint density at radius 2 is 2.05 bits per heavy atom. The third-order valence-electron chi connectivity index (χ3n) is 3.32. The lowest BCUT2D eigenvalue weighted by Gasteiger charge is -2.05. The first-order valence-corrected chi connectivity index (χ1v) is 7.99. The Bertz CT molecular complexity index is 713. The number of hydrogen-bond acceptors (Lipinski definition) is 4. The Kier molecular flexibility index (Phi) is 4.78. The highest BCUT2D eigenvalue weighted by molar-refractivity contribution is 7.13. The van der Waals surface area contributed by atoms with Gasteiger partial charge in [-0.1, -0.05) is 41.7 Å². The lowest BCUT2D eigenvalue weighted by Crippen LogP contribution is -2.38. The number of anilines is 2. The first-order valence-electron chi connectivity index (χ1n) is 7.11. The fourth-order valence-electron chi connectivity index (χ4n) is 2.24. The van der Waals surface area contributed by atoms with Gasteiger partial charge in [-0.25, -0.2) is 9.88 Å². The highest BCUT2D eigenvalue weighted by Gasteiger charge is 2.19. The first-order chi connectivity index (χ1) is 10.9. The molecule has 5 heteroatoms. The van der Waals surface area contributed by atoms with Gasteiger partial charge in [0.15, 0.2) is 0 Å². The number of ether oxygens (including phenoxy) is 1. The number of rotatable bonds is 6. The summed E-state index contributed by atoms with van der Waals surface area (Å²) < 4.78 is 7.50. The van der Waals surface area contributed by atoms with Crippen LogP contribution in [-0.4, -0.2) is 18.7 Å². The zero-order valence-corrected chi connectivity index (χ0v) is 13.2.